The van der Waals surface area contributed by atoms with Crippen molar-refractivity contribution >= 4 is 0 Å². The summed E-state index contributed by atoms with van der Waals surface area (Å²) in [5.74, 6) is 2.17. The zero-order valence-electron chi connectivity index (χ0n) is 12.4. The van der Waals surface area contributed by atoms with Gasteiger partial charge >= 0.3 is 0 Å². The van der Waals surface area contributed by atoms with E-state index in [1.807, 2.05) is 12.4 Å². The van der Waals surface area contributed by atoms with E-state index in [-0.39, 0.29) is 0 Å². The molecule has 19 heavy (non-hydrogen) atoms. The molecule has 1 N–H and O–H groups in total. The molecular formula is C15H26N4. The SMILES string of the molecule is CC(C)c1ncc(CN(C)CC2CCNCC2)cn1. The Morgan fingerprint density at radius 2 is 1.89 bits per heavy atom. The van der Waals surface area contributed by atoms with Gasteiger partial charge in [-0.15, -0.1) is 0 Å². The Kier molecular flexibility index (Phi) is 5.28. The van der Waals surface area contributed by atoms with Gasteiger partial charge in [0.15, 0.2) is 0 Å². The largest absolute Gasteiger partial charge is 0.317 e. The van der Waals surface area contributed by atoms with E-state index < -0.39 is 0 Å². The molecule has 0 unspecified atom stereocenters. The Morgan fingerprint density at radius 3 is 2.47 bits per heavy atom. The molecule has 4 nitrogen and oxygen atoms in total. The third-order valence-electron chi connectivity index (χ3n) is 3.72. The van der Waals surface area contributed by atoms with Gasteiger partial charge in [0, 0.05) is 37.0 Å². The molecule has 0 aromatic carbocycles. The molecule has 0 atom stereocenters. The number of nitrogens with zero attached hydrogens (tertiary/aromatic N) is 3. The maximum atomic E-state index is 4.43. The summed E-state index contributed by atoms with van der Waals surface area (Å²) in [6.07, 6.45) is 6.54. The second-order valence-corrected chi connectivity index (χ2v) is 5.99. The number of hydrogen-bond acceptors (Lipinski definition) is 4. The highest BCUT2D eigenvalue weighted by molar-refractivity contribution is 5.06. The lowest BCUT2D eigenvalue weighted by atomic mass is 9.97. The number of aromatic nitrogens is 2. The van der Waals surface area contributed by atoms with Crippen molar-refractivity contribution in [2.75, 3.05) is 26.7 Å². The van der Waals surface area contributed by atoms with Crippen LogP contribution in [0.15, 0.2) is 12.4 Å². The number of piperidine rings is 1. The Bertz CT molecular complexity index is 368. The molecule has 4 heteroatoms. The van der Waals surface area contributed by atoms with Crippen LogP contribution in [0.25, 0.3) is 0 Å². The van der Waals surface area contributed by atoms with E-state index in [0.717, 1.165) is 18.3 Å². The van der Waals surface area contributed by atoms with Gasteiger partial charge in [-0.05, 0) is 38.9 Å². The topological polar surface area (TPSA) is 41.1 Å². The lowest BCUT2D eigenvalue weighted by Crippen LogP contribution is -2.34. The molecule has 0 bridgehead atoms. The molecule has 2 heterocycles. The Balaban J connectivity index is 1.82. The molecule has 0 aliphatic carbocycles. The van der Waals surface area contributed by atoms with Gasteiger partial charge in [0.1, 0.15) is 5.82 Å². The van der Waals surface area contributed by atoms with Gasteiger partial charge in [0.25, 0.3) is 0 Å². The van der Waals surface area contributed by atoms with E-state index in [4.69, 9.17) is 0 Å². The first-order valence-corrected chi connectivity index (χ1v) is 7.35. The number of hydrogen-bond donors (Lipinski definition) is 1. The maximum Gasteiger partial charge on any atom is 0.130 e. The third-order valence-corrected chi connectivity index (χ3v) is 3.72. The van der Waals surface area contributed by atoms with E-state index in [0.29, 0.717) is 5.92 Å². The summed E-state index contributed by atoms with van der Waals surface area (Å²) in [5, 5.41) is 3.42. The van der Waals surface area contributed by atoms with Crippen LogP contribution in [-0.4, -0.2) is 41.5 Å². The Labute approximate surface area is 116 Å². The lowest BCUT2D eigenvalue weighted by Gasteiger charge is -2.27. The van der Waals surface area contributed by atoms with Gasteiger partial charge < -0.3 is 10.2 Å². The minimum Gasteiger partial charge on any atom is -0.317 e. The van der Waals surface area contributed by atoms with Crippen LogP contribution < -0.4 is 5.32 Å². The number of rotatable bonds is 5. The zero-order valence-corrected chi connectivity index (χ0v) is 12.4. The second kappa shape index (κ2) is 6.96. The van der Waals surface area contributed by atoms with Crippen LogP contribution in [0.3, 0.4) is 0 Å². The summed E-state index contributed by atoms with van der Waals surface area (Å²) < 4.78 is 0. The standard InChI is InChI=1S/C15H26N4/c1-12(2)15-17-8-14(9-18-15)11-19(3)10-13-4-6-16-7-5-13/h8-9,12-13,16H,4-7,10-11H2,1-3H3. The molecule has 1 aromatic heterocycles. The molecule has 0 radical (unpaired) electrons. The third kappa shape index (κ3) is 4.55. The number of nitrogens with one attached hydrogen (secondary N) is 1. The second-order valence-electron chi connectivity index (χ2n) is 5.99. The van der Waals surface area contributed by atoms with Crippen LogP contribution in [0, 0.1) is 5.92 Å². The van der Waals surface area contributed by atoms with Gasteiger partial charge in [-0.3, -0.25) is 0 Å². The van der Waals surface area contributed by atoms with Crippen molar-refractivity contribution in [3.63, 3.8) is 0 Å². The van der Waals surface area contributed by atoms with Crippen molar-refractivity contribution in [2.45, 2.75) is 39.2 Å². The van der Waals surface area contributed by atoms with Gasteiger partial charge in [-0.25, -0.2) is 9.97 Å². The van der Waals surface area contributed by atoms with Crippen LogP contribution in [0.5, 0.6) is 0 Å². The predicted octanol–water partition coefficient (Wildman–Crippen LogP) is 2.03. The van der Waals surface area contributed by atoms with Crippen LogP contribution in [0.4, 0.5) is 0 Å². The van der Waals surface area contributed by atoms with Gasteiger partial charge in [-0.1, -0.05) is 13.8 Å². The van der Waals surface area contributed by atoms with E-state index >= 15 is 0 Å². The van der Waals surface area contributed by atoms with Crippen molar-refractivity contribution < 1.29 is 0 Å². The van der Waals surface area contributed by atoms with E-state index in [1.165, 1.54) is 38.0 Å². The van der Waals surface area contributed by atoms with Gasteiger partial charge in [0.05, 0.1) is 0 Å². The summed E-state index contributed by atoms with van der Waals surface area (Å²) in [7, 11) is 2.19. The fraction of sp³-hybridized carbons (Fsp3) is 0.733. The molecule has 0 saturated carbocycles. The van der Waals surface area contributed by atoms with Gasteiger partial charge in [-0.2, -0.15) is 0 Å². The lowest BCUT2D eigenvalue weighted by molar-refractivity contribution is 0.234. The zero-order chi connectivity index (χ0) is 13.7. The van der Waals surface area contributed by atoms with Crippen LogP contribution >= 0.6 is 0 Å². The molecular weight excluding hydrogens is 236 g/mol. The smallest absolute Gasteiger partial charge is 0.130 e. The first-order valence-electron chi connectivity index (χ1n) is 7.35. The fourth-order valence-corrected chi connectivity index (χ4v) is 2.63. The summed E-state index contributed by atoms with van der Waals surface area (Å²) in [4.78, 5) is 11.3. The molecule has 1 saturated heterocycles. The van der Waals surface area contributed by atoms with Crippen molar-refractivity contribution in [3.8, 4) is 0 Å². The average Bonchev–Trinajstić information content (AvgIpc) is 2.40. The van der Waals surface area contributed by atoms with Crippen LogP contribution in [-0.2, 0) is 6.54 Å². The minimum atomic E-state index is 0.404. The Morgan fingerprint density at radius 1 is 1.26 bits per heavy atom. The van der Waals surface area contributed by atoms with Gasteiger partial charge in [0.2, 0.25) is 0 Å². The van der Waals surface area contributed by atoms with E-state index in [2.05, 4.69) is 41.1 Å². The molecule has 2 rings (SSSR count). The van der Waals surface area contributed by atoms with Crippen LogP contribution in [0.2, 0.25) is 0 Å². The van der Waals surface area contributed by atoms with Crippen molar-refractivity contribution in [2.24, 2.45) is 5.92 Å². The van der Waals surface area contributed by atoms with Crippen molar-refractivity contribution in [1.82, 2.24) is 20.2 Å². The maximum absolute atomic E-state index is 4.43. The van der Waals surface area contributed by atoms with Crippen LogP contribution in [0.1, 0.15) is 44.0 Å². The molecule has 1 aliphatic rings. The summed E-state index contributed by atoms with van der Waals surface area (Å²) in [6.45, 7) is 8.71. The predicted molar refractivity (Wildman–Crippen MR) is 78.0 cm³/mol. The summed E-state index contributed by atoms with van der Waals surface area (Å²) in [5.41, 5.74) is 1.21. The Hall–Kier alpha value is -1.00. The quantitative estimate of drug-likeness (QED) is 0.881. The molecule has 1 aromatic rings. The molecule has 0 amide bonds. The van der Waals surface area contributed by atoms with Crippen molar-refractivity contribution in [3.05, 3.63) is 23.8 Å². The highest BCUT2D eigenvalue weighted by atomic mass is 15.1. The summed E-state index contributed by atoms with van der Waals surface area (Å²) in [6, 6.07) is 0. The molecule has 1 aliphatic heterocycles. The normalized spacial score (nSPS) is 17.3. The molecule has 1 fully saturated rings. The molecule has 106 valence electrons. The average molecular weight is 262 g/mol. The monoisotopic (exact) mass is 262 g/mol. The fourth-order valence-electron chi connectivity index (χ4n) is 2.63. The van der Waals surface area contributed by atoms with Crippen molar-refractivity contribution in [1.29, 1.82) is 0 Å². The first kappa shape index (κ1) is 14.4. The first-order chi connectivity index (χ1) is 9.15. The minimum absolute atomic E-state index is 0.404. The highest BCUT2D eigenvalue weighted by Gasteiger charge is 2.15. The molecule has 0 spiro atoms. The van der Waals surface area contributed by atoms with E-state index in [9.17, 15) is 0 Å². The van der Waals surface area contributed by atoms with E-state index in [1.54, 1.807) is 0 Å². The highest BCUT2D eigenvalue weighted by Crippen LogP contribution is 2.14. The summed E-state index contributed by atoms with van der Waals surface area (Å²) >= 11 is 0.